The van der Waals surface area contributed by atoms with Crippen LogP contribution in [-0.2, 0) is 25.9 Å². The molecular formula is C26H26F12N2O2P2. The number of benzene rings is 2. The predicted molar refractivity (Wildman–Crippen MR) is 143 cm³/mol. The van der Waals surface area contributed by atoms with Gasteiger partial charge >= 0.3 is 66.0 Å². The summed E-state index contributed by atoms with van der Waals surface area (Å²) in [6, 6.07) is 23.4. The Labute approximate surface area is 242 Å². The summed E-state index contributed by atoms with van der Waals surface area (Å²) < 4.78 is 123. The maximum Gasteiger partial charge on any atom is 0.169 e. The molecular weight excluding hydrogens is 662 g/mol. The van der Waals surface area contributed by atoms with Gasteiger partial charge in [-0.05, 0) is 46.5 Å². The summed E-state index contributed by atoms with van der Waals surface area (Å²) >= 11 is 0. The Morgan fingerprint density at radius 3 is 0.864 bits per heavy atom. The summed E-state index contributed by atoms with van der Waals surface area (Å²) in [7, 11) is -21.3. The van der Waals surface area contributed by atoms with Crippen LogP contribution in [0.5, 0.6) is 11.5 Å². The molecule has 246 valence electrons. The van der Waals surface area contributed by atoms with Crippen molar-refractivity contribution in [1.29, 1.82) is 0 Å². The van der Waals surface area contributed by atoms with Gasteiger partial charge < -0.3 is 10.2 Å². The van der Waals surface area contributed by atoms with Crippen LogP contribution in [0.15, 0.2) is 97.6 Å². The molecule has 0 atom stereocenters. The molecule has 4 rings (SSSR count). The topological polar surface area (TPSA) is 48.2 Å². The molecule has 0 aliphatic heterocycles. The Kier molecular flexibility index (Phi) is 9.72. The molecule has 0 bridgehead atoms. The van der Waals surface area contributed by atoms with E-state index >= 15 is 0 Å². The van der Waals surface area contributed by atoms with Gasteiger partial charge in [-0.3, -0.25) is 0 Å². The average Bonchev–Trinajstić information content (AvgIpc) is 2.85. The molecule has 0 fully saturated rings. The van der Waals surface area contributed by atoms with Crippen molar-refractivity contribution in [2.45, 2.75) is 25.9 Å². The Hall–Kier alpha value is -3.64. The van der Waals surface area contributed by atoms with Crippen molar-refractivity contribution in [2.75, 3.05) is 0 Å². The first kappa shape index (κ1) is 36.6. The van der Waals surface area contributed by atoms with Crippen LogP contribution in [0.2, 0.25) is 0 Å². The monoisotopic (exact) mass is 688 g/mol. The van der Waals surface area contributed by atoms with E-state index in [1.165, 1.54) is 22.3 Å². The van der Waals surface area contributed by atoms with Gasteiger partial charge in [0.2, 0.25) is 0 Å². The fourth-order valence-electron chi connectivity index (χ4n) is 3.44. The quantitative estimate of drug-likeness (QED) is 0.115. The van der Waals surface area contributed by atoms with Gasteiger partial charge in [0.1, 0.15) is 11.5 Å². The Bertz CT molecular complexity index is 1370. The molecule has 2 aromatic heterocycles. The largest absolute Gasteiger partial charge is 0.508 e. The SMILES string of the molecule is F[P-](F)(F)(F)(F)F.F[P-](F)(F)(F)(F)F.Oc1ccc(CC[n+]2ccc(-c3cc[n+](CCc4ccc(O)cc4)cc3)cc2)cc1. The second-order valence-electron chi connectivity index (χ2n) is 9.40. The summed E-state index contributed by atoms with van der Waals surface area (Å²) in [6.45, 7) is 1.80. The van der Waals surface area contributed by atoms with Crippen molar-refractivity contribution in [3.8, 4) is 22.6 Å². The van der Waals surface area contributed by atoms with Crippen LogP contribution in [0, 0.1) is 0 Å². The van der Waals surface area contributed by atoms with E-state index in [9.17, 15) is 60.6 Å². The minimum atomic E-state index is -10.7. The van der Waals surface area contributed by atoms with E-state index in [1.54, 1.807) is 24.3 Å². The molecule has 18 heteroatoms. The van der Waals surface area contributed by atoms with Crippen molar-refractivity contribution in [3.05, 3.63) is 109 Å². The summed E-state index contributed by atoms with van der Waals surface area (Å²) in [5.41, 5.74) is 4.82. The molecule has 0 amide bonds. The second-order valence-corrected chi connectivity index (χ2v) is 13.2. The Morgan fingerprint density at radius 2 is 0.636 bits per heavy atom. The van der Waals surface area contributed by atoms with E-state index in [2.05, 4.69) is 58.2 Å². The number of pyridine rings is 2. The molecule has 0 saturated carbocycles. The van der Waals surface area contributed by atoms with Gasteiger partial charge in [0.25, 0.3) is 0 Å². The standard InChI is InChI=1S/C26H24N2O2.2F6P/c29-25-5-1-21(2-6-25)9-15-27-17-11-23(12-18-27)24-13-19-28(20-14-24)16-10-22-3-7-26(30)8-4-22;2*1-7(2,3,4,5)6/h1-8,11-14,17-20H,9-10,15-16H2;;/q;2*-1/p+2. The Balaban J connectivity index is 0.000000402. The van der Waals surface area contributed by atoms with Crippen molar-refractivity contribution in [2.24, 2.45) is 0 Å². The molecule has 2 aromatic carbocycles. The zero-order valence-corrected chi connectivity index (χ0v) is 24.1. The van der Waals surface area contributed by atoms with Crippen LogP contribution in [-0.4, -0.2) is 10.2 Å². The number of aromatic hydroxyl groups is 2. The molecule has 4 nitrogen and oxygen atoms in total. The molecule has 0 radical (unpaired) electrons. The summed E-state index contributed by atoms with van der Waals surface area (Å²) in [6.07, 6.45) is 10.3. The van der Waals surface area contributed by atoms with E-state index < -0.39 is 15.6 Å². The van der Waals surface area contributed by atoms with E-state index in [1.807, 2.05) is 24.3 Å². The molecule has 0 spiro atoms. The number of hydrogen-bond acceptors (Lipinski definition) is 2. The zero-order chi connectivity index (χ0) is 33.6. The summed E-state index contributed by atoms with van der Waals surface area (Å²) in [4.78, 5) is 0. The first-order valence-corrected chi connectivity index (χ1v) is 16.3. The van der Waals surface area contributed by atoms with Gasteiger partial charge in [0, 0.05) is 37.1 Å². The van der Waals surface area contributed by atoms with Gasteiger partial charge in [-0.25, -0.2) is 9.13 Å². The van der Waals surface area contributed by atoms with Gasteiger partial charge in [0.15, 0.2) is 37.9 Å². The summed E-state index contributed by atoms with van der Waals surface area (Å²) in [5.74, 6) is 0.612. The number of hydrogen-bond donors (Lipinski definition) is 2. The minimum Gasteiger partial charge on any atom is -0.508 e. The van der Waals surface area contributed by atoms with Crippen LogP contribution < -0.4 is 9.13 Å². The molecule has 44 heavy (non-hydrogen) atoms. The van der Waals surface area contributed by atoms with Crippen LogP contribution >= 0.6 is 15.6 Å². The van der Waals surface area contributed by atoms with E-state index in [-0.39, 0.29) is 0 Å². The molecule has 2 heterocycles. The van der Waals surface area contributed by atoms with Gasteiger partial charge in [0.05, 0.1) is 0 Å². The third kappa shape index (κ3) is 21.1. The fourth-order valence-corrected chi connectivity index (χ4v) is 3.44. The van der Waals surface area contributed by atoms with E-state index in [4.69, 9.17) is 0 Å². The van der Waals surface area contributed by atoms with Crippen molar-refractivity contribution in [1.82, 2.24) is 0 Å². The van der Waals surface area contributed by atoms with Gasteiger partial charge in [-0.15, -0.1) is 0 Å². The van der Waals surface area contributed by atoms with Crippen LogP contribution in [0.3, 0.4) is 0 Å². The van der Waals surface area contributed by atoms with Crippen LogP contribution in [0.25, 0.3) is 11.1 Å². The third-order valence-electron chi connectivity index (χ3n) is 5.31. The maximum atomic E-state index is 9.87. The molecule has 0 unspecified atom stereocenters. The molecule has 2 N–H and O–H groups in total. The predicted octanol–water partition coefficient (Wildman–Crippen LogP) is 10.6. The van der Waals surface area contributed by atoms with Crippen molar-refractivity contribution in [3.63, 3.8) is 0 Å². The van der Waals surface area contributed by atoms with Gasteiger partial charge in [-0.2, -0.15) is 0 Å². The average molecular weight is 688 g/mol. The first-order valence-electron chi connectivity index (χ1n) is 12.2. The third-order valence-corrected chi connectivity index (χ3v) is 5.31. The van der Waals surface area contributed by atoms with E-state index in [0.717, 1.165) is 25.9 Å². The summed E-state index contributed by atoms with van der Waals surface area (Å²) in [5, 5.41) is 18.7. The second kappa shape index (κ2) is 11.7. The number of rotatable bonds is 7. The van der Waals surface area contributed by atoms with Gasteiger partial charge in [-0.1, -0.05) is 24.3 Å². The van der Waals surface area contributed by atoms with Crippen molar-refractivity contribution >= 4 is 15.6 Å². The molecule has 0 saturated heterocycles. The molecule has 4 aromatic rings. The minimum absolute atomic E-state index is 0.306. The number of nitrogens with zero attached hydrogens (tertiary/aromatic N) is 2. The fraction of sp³-hybridized carbons (Fsp3) is 0.154. The number of aryl methyl sites for hydroxylation is 4. The normalized spacial score (nSPS) is 14.7. The van der Waals surface area contributed by atoms with Crippen molar-refractivity contribution < 1.29 is 69.7 Å². The molecule has 0 aliphatic rings. The van der Waals surface area contributed by atoms with Crippen LogP contribution in [0.1, 0.15) is 11.1 Å². The number of halogens is 12. The number of aromatic nitrogens is 2. The van der Waals surface area contributed by atoms with E-state index in [0.29, 0.717) is 11.5 Å². The smallest absolute Gasteiger partial charge is 0.169 e. The first-order chi connectivity index (χ1) is 19.6. The maximum absolute atomic E-state index is 10.7. The Morgan fingerprint density at radius 1 is 0.409 bits per heavy atom. The number of phenols is 2. The number of phenolic OH excluding ortho intramolecular Hbond substituents is 2. The van der Waals surface area contributed by atoms with Crippen LogP contribution in [0.4, 0.5) is 50.4 Å². The molecule has 0 aliphatic carbocycles. The zero-order valence-electron chi connectivity index (χ0n) is 22.3.